The number of benzene rings is 1. The Bertz CT molecular complexity index is 992. The predicted molar refractivity (Wildman–Crippen MR) is 91.3 cm³/mol. The lowest BCUT2D eigenvalue weighted by atomic mass is 9.92. The summed E-state index contributed by atoms with van der Waals surface area (Å²) < 4.78 is 42.2. The molecule has 4 nitrogen and oxygen atoms in total. The molecule has 0 bridgehead atoms. The summed E-state index contributed by atoms with van der Waals surface area (Å²) in [5, 5.41) is 7.27. The zero-order chi connectivity index (χ0) is 18.3. The second-order valence-electron chi connectivity index (χ2n) is 6.27. The molecular weight excluding hydrogens is 341 g/mol. The van der Waals surface area contributed by atoms with Gasteiger partial charge in [-0.05, 0) is 24.5 Å². The van der Waals surface area contributed by atoms with Gasteiger partial charge in [-0.1, -0.05) is 24.8 Å². The number of anilines is 1. The Kier molecular flexibility index (Phi) is 3.79. The van der Waals surface area contributed by atoms with E-state index in [1.807, 2.05) is 0 Å². The van der Waals surface area contributed by atoms with Gasteiger partial charge in [0.05, 0.1) is 6.20 Å². The minimum atomic E-state index is -0.816. The lowest BCUT2D eigenvalue weighted by Gasteiger charge is -2.20. The number of pyridine rings is 1. The van der Waals surface area contributed by atoms with Crippen LogP contribution in [0.15, 0.2) is 61.1 Å². The van der Waals surface area contributed by atoms with E-state index in [2.05, 4.69) is 22.0 Å². The summed E-state index contributed by atoms with van der Waals surface area (Å²) in [4.78, 5) is 3.71. The zero-order valence-electron chi connectivity index (χ0n) is 13.7. The maximum atomic E-state index is 14.2. The lowest BCUT2D eigenvalue weighted by molar-refractivity contribution is 0.560. The van der Waals surface area contributed by atoms with Crippen molar-refractivity contribution in [3.8, 4) is 5.82 Å². The van der Waals surface area contributed by atoms with Crippen molar-refractivity contribution in [1.82, 2.24) is 14.8 Å². The van der Waals surface area contributed by atoms with Gasteiger partial charge in [0.15, 0.2) is 17.5 Å². The highest BCUT2D eigenvalue weighted by Gasteiger charge is 2.48. The highest BCUT2D eigenvalue weighted by Crippen LogP contribution is 2.53. The molecule has 2 heterocycles. The second-order valence-corrected chi connectivity index (χ2v) is 6.27. The molecule has 0 atom stereocenters. The summed E-state index contributed by atoms with van der Waals surface area (Å²) >= 11 is 0. The van der Waals surface area contributed by atoms with E-state index in [1.165, 1.54) is 16.9 Å². The molecule has 2 aromatic heterocycles. The van der Waals surface area contributed by atoms with E-state index in [4.69, 9.17) is 0 Å². The summed E-state index contributed by atoms with van der Waals surface area (Å²) in [5.74, 6) is -1.53. The molecule has 1 N–H and O–H groups in total. The van der Waals surface area contributed by atoms with Gasteiger partial charge >= 0.3 is 0 Å². The lowest BCUT2D eigenvalue weighted by Crippen LogP contribution is -2.18. The van der Waals surface area contributed by atoms with E-state index >= 15 is 0 Å². The SMILES string of the molecule is C=C(Nc1ccn(-c2ncc(F)cc2F)n1)C1(c2ccccc2F)CC1. The van der Waals surface area contributed by atoms with Gasteiger partial charge in [-0.25, -0.2) is 22.8 Å². The average Bonchev–Trinajstić information content (AvgIpc) is 3.29. The average molecular weight is 356 g/mol. The molecule has 132 valence electrons. The van der Waals surface area contributed by atoms with Crippen LogP contribution in [0, 0.1) is 17.5 Å². The van der Waals surface area contributed by atoms with Crippen LogP contribution in [0.25, 0.3) is 5.82 Å². The highest BCUT2D eigenvalue weighted by atomic mass is 19.1. The van der Waals surface area contributed by atoms with Gasteiger partial charge in [-0.15, -0.1) is 5.10 Å². The molecule has 3 aromatic rings. The van der Waals surface area contributed by atoms with Gasteiger partial charge in [0.2, 0.25) is 0 Å². The van der Waals surface area contributed by atoms with Crippen molar-refractivity contribution in [3.63, 3.8) is 0 Å². The summed E-state index contributed by atoms with van der Waals surface area (Å²) in [6.07, 6.45) is 3.99. The number of hydrogen-bond acceptors (Lipinski definition) is 3. The maximum Gasteiger partial charge on any atom is 0.189 e. The Hall–Kier alpha value is -3.09. The Balaban J connectivity index is 1.56. The smallest absolute Gasteiger partial charge is 0.189 e. The molecule has 26 heavy (non-hydrogen) atoms. The first kappa shape index (κ1) is 16.4. The topological polar surface area (TPSA) is 42.7 Å². The zero-order valence-corrected chi connectivity index (χ0v) is 13.7. The van der Waals surface area contributed by atoms with Crippen molar-refractivity contribution in [2.24, 2.45) is 0 Å². The molecule has 1 aliphatic carbocycles. The first-order valence-electron chi connectivity index (χ1n) is 8.08. The van der Waals surface area contributed by atoms with Crippen molar-refractivity contribution in [1.29, 1.82) is 0 Å². The van der Waals surface area contributed by atoms with Crippen LogP contribution in [-0.4, -0.2) is 14.8 Å². The maximum absolute atomic E-state index is 14.2. The Morgan fingerprint density at radius 2 is 1.88 bits per heavy atom. The Labute approximate surface area is 148 Å². The standard InChI is InChI=1S/C19H15F3N4/c1-12(19(7-8-19)14-4-2-3-5-15(14)21)24-17-6-9-26(25-17)18-16(22)10-13(20)11-23-18/h2-6,9-11H,1,7-8H2,(H,24,25). The molecular formula is C19H15F3N4. The van der Waals surface area contributed by atoms with Gasteiger partial charge in [0.1, 0.15) is 11.6 Å². The molecule has 0 radical (unpaired) electrons. The van der Waals surface area contributed by atoms with Crippen molar-refractivity contribution < 1.29 is 13.2 Å². The van der Waals surface area contributed by atoms with E-state index in [0.29, 0.717) is 17.1 Å². The number of hydrogen-bond donors (Lipinski definition) is 1. The number of nitrogens with one attached hydrogen (secondary N) is 1. The molecule has 0 unspecified atom stereocenters. The molecule has 0 amide bonds. The Morgan fingerprint density at radius 3 is 2.58 bits per heavy atom. The molecule has 1 aliphatic rings. The number of allylic oxidation sites excluding steroid dienone is 1. The quantitative estimate of drug-likeness (QED) is 0.739. The van der Waals surface area contributed by atoms with Gasteiger partial charge in [-0.2, -0.15) is 0 Å². The summed E-state index contributed by atoms with van der Waals surface area (Å²) in [5.41, 5.74) is 0.762. The molecule has 7 heteroatoms. The third kappa shape index (κ3) is 2.75. The van der Waals surface area contributed by atoms with Crippen molar-refractivity contribution in [2.45, 2.75) is 18.3 Å². The van der Waals surface area contributed by atoms with Crippen LogP contribution < -0.4 is 5.32 Å². The number of nitrogens with zero attached hydrogens (tertiary/aromatic N) is 3. The van der Waals surface area contributed by atoms with Crippen molar-refractivity contribution in [2.75, 3.05) is 5.32 Å². The molecule has 0 saturated heterocycles. The van der Waals surface area contributed by atoms with Gasteiger partial charge in [-0.3, -0.25) is 0 Å². The molecule has 1 fully saturated rings. The first-order chi connectivity index (χ1) is 12.5. The monoisotopic (exact) mass is 356 g/mol. The fourth-order valence-electron chi connectivity index (χ4n) is 3.07. The summed E-state index contributed by atoms with van der Waals surface area (Å²) in [7, 11) is 0. The van der Waals surface area contributed by atoms with Crippen LogP contribution in [0.5, 0.6) is 0 Å². The van der Waals surface area contributed by atoms with Crippen molar-refractivity contribution >= 4 is 5.82 Å². The normalized spacial score (nSPS) is 14.9. The van der Waals surface area contributed by atoms with Crippen LogP contribution in [0.4, 0.5) is 19.0 Å². The Morgan fingerprint density at radius 1 is 1.12 bits per heavy atom. The van der Waals surface area contributed by atoms with E-state index in [-0.39, 0.29) is 11.6 Å². The third-order valence-electron chi connectivity index (χ3n) is 4.59. The van der Waals surface area contributed by atoms with E-state index < -0.39 is 17.0 Å². The third-order valence-corrected chi connectivity index (χ3v) is 4.59. The van der Waals surface area contributed by atoms with Crippen LogP contribution in [0.3, 0.4) is 0 Å². The predicted octanol–water partition coefficient (Wildman–Crippen LogP) is 4.34. The van der Waals surface area contributed by atoms with Gasteiger partial charge in [0.25, 0.3) is 0 Å². The van der Waals surface area contributed by atoms with E-state index in [0.717, 1.165) is 25.1 Å². The molecule has 1 aromatic carbocycles. The van der Waals surface area contributed by atoms with Crippen LogP contribution >= 0.6 is 0 Å². The van der Waals surface area contributed by atoms with E-state index in [1.54, 1.807) is 24.3 Å². The van der Waals surface area contributed by atoms with Gasteiger partial charge in [0, 0.05) is 29.4 Å². The fourth-order valence-corrected chi connectivity index (χ4v) is 3.07. The number of rotatable bonds is 5. The fraction of sp³-hybridized carbons (Fsp3) is 0.158. The molecule has 0 spiro atoms. The van der Waals surface area contributed by atoms with Crippen molar-refractivity contribution in [3.05, 3.63) is 84.1 Å². The largest absolute Gasteiger partial charge is 0.342 e. The van der Waals surface area contributed by atoms with Crippen LogP contribution in [-0.2, 0) is 5.41 Å². The highest BCUT2D eigenvalue weighted by molar-refractivity contribution is 5.51. The minimum absolute atomic E-state index is 0.111. The molecule has 0 aliphatic heterocycles. The van der Waals surface area contributed by atoms with E-state index in [9.17, 15) is 13.2 Å². The summed E-state index contributed by atoms with van der Waals surface area (Å²) in [6, 6.07) is 8.99. The van der Waals surface area contributed by atoms with Gasteiger partial charge < -0.3 is 5.32 Å². The minimum Gasteiger partial charge on any atom is -0.342 e. The molecule has 1 saturated carbocycles. The number of halogens is 3. The molecule has 4 rings (SSSR count). The summed E-state index contributed by atoms with van der Waals surface area (Å²) in [6.45, 7) is 4.05. The van der Waals surface area contributed by atoms with Crippen LogP contribution in [0.2, 0.25) is 0 Å². The second kappa shape index (κ2) is 6.01. The first-order valence-corrected chi connectivity index (χ1v) is 8.08. The van der Waals surface area contributed by atoms with Crippen LogP contribution in [0.1, 0.15) is 18.4 Å². The number of aromatic nitrogens is 3.